The van der Waals surface area contributed by atoms with Crippen molar-refractivity contribution < 1.29 is 14.4 Å². The Morgan fingerprint density at radius 1 is 1.16 bits per heavy atom. The normalized spacial score (nSPS) is 20.9. The maximum Gasteiger partial charge on any atom is 0.325 e. The maximum absolute atomic E-state index is 12.7. The molecule has 2 N–H and O–H groups in total. The molecule has 0 bridgehead atoms. The summed E-state index contributed by atoms with van der Waals surface area (Å²) in [7, 11) is 0. The van der Waals surface area contributed by atoms with Crippen molar-refractivity contribution in [3.8, 4) is 0 Å². The van der Waals surface area contributed by atoms with Gasteiger partial charge in [0.25, 0.3) is 5.91 Å². The molecule has 31 heavy (non-hydrogen) atoms. The van der Waals surface area contributed by atoms with Crippen LogP contribution in [0.2, 0.25) is 0 Å². The van der Waals surface area contributed by atoms with Crippen LogP contribution in [0.15, 0.2) is 54.7 Å². The molecule has 1 aliphatic carbocycles. The largest absolute Gasteiger partial charge is 0.325 e. The zero-order valence-electron chi connectivity index (χ0n) is 17.2. The number of amides is 4. The number of nitrogens with zero attached hydrogens (tertiary/aromatic N) is 3. The number of carbonyl (C=O) groups is 3. The summed E-state index contributed by atoms with van der Waals surface area (Å²) in [6.07, 6.45) is 3.43. The monoisotopic (exact) mass is 417 g/mol. The molecule has 0 spiro atoms. The number of rotatable bonds is 6. The van der Waals surface area contributed by atoms with Gasteiger partial charge in [0.05, 0.1) is 12.7 Å². The molecular formula is C23H23N5O3. The van der Waals surface area contributed by atoms with Crippen molar-refractivity contribution in [2.24, 2.45) is 5.92 Å². The molecule has 0 radical (unpaired) electrons. The fourth-order valence-corrected chi connectivity index (χ4v) is 4.28. The predicted octanol–water partition coefficient (Wildman–Crippen LogP) is 2.74. The molecule has 2 heterocycles. The number of imide groups is 1. The van der Waals surface area contributed by atoms with Crippen LogP contribution in [0.1, 0.15) is 25.3 Å². The maximum atomic E-state index is 12.7. The van der Waals surface area contributed by atoms with Crippen LogP contribution in [0.5, 0.6) is 0 Å². The number of fused-ring (bicyclic) bond motifs is 1. The van der Waals surface area contributed by atoms with E-state index in [0.717, 1.165) is 34.1 Å². The van der Waals surface area contributed by atoms with Gasteiger partial charge < -0.3 is 10.6 Å². The van der Waals surface area contributed by atoms with Gasteiger partial charge in [-0.2, -0.15) is 5.10 Å². The van der Waals surface area contributed by atoms with Crippen molar-refractivity contribution >= 4 is 34.4 Å². The van der Waals surface area contributed by atoms with Gasteiger partial charge in [-0.15, -0.1) is 0 Å². The van der Waals surface area contributed by atoms with Crippen LogP contribution >= 0.6 is 0 Å². The summed E-state index contributed by atoms with van der Waals surface area (Å²) in [5.41, 5.74) is 0.180. The van der Waals surface area contributed by atoms with Gasteiger partial charge in [-0.3, -0.25) is 14.5 Å². The number of nitrogens with one attached hydrogen (secondary N) is 2. The molecule has 3 aromatic rings. The third-order valence-corrected chi connectivity index (χ3v) is 6.18. The zero-order valence-corrected chi connectivity index (χ0v) is 17.2. The van der Waals surface area contributed by atoms with Crippen molar-refractivity contribution in [2.75, 3.05) is 11.9 Å². The number of benzene rings is 2. The third kappa shape index (κ3) is 3.43. The highest BCUT2D eigenvalue weighted by Gasteiger charge is 2.56. The molecule has 1 unspecified atom stereocenters. The standard InChI is InChI=1S/C23H23N5O3/c1-23(17-9-10-17)21(30)27(22(31)26-23)14-20(29)25-19-11-12-24-28(19)13-16-7-4-6-15-5-2-3-8-18(15)16/h2-8,11-12,17H,9-10,13-14H2,1H3,(H,25,29)(H,26,31). The molecule has 1 aromatic heterocycles. The molecule has 5 rings (SSSR count). The van der Waals surface area contributed by atoms with Crippen molar-refractivity contribution in [3.63, 3.8) is 0 Å². The van der Waals surface area contributed by atoms with Gasteiger partial charge in [-0.1, -0.05) is 42.5 Å². The lowest BCUT2D eigenvalue weighted by atomic mass is 9.96. The van der Waals surface area contributed by atoms with Crippen LogP contribution in [-0.2, 0) is 16.1 Å². The third-order valence-electron chi connectivity index (χ3n) is 6.18. The Labute approximate surface area is 179 Å². The number of aromatic nitrogens is 2. The Bertz CT molecular complexity index is 1190. The number of anilines is 1. The van der Waals surface area contributed by atoms with Gasteiger partial charge in [0.15, 0.2) is 0 Å². The Hall–Kier alpha value is -3.68. The number of hydrogen-bond acceptors (Lipinski definition) is 4. The van der Waals surface area contributed by atoms with E-state index >= 15 is 0 Å². The smallest absolute Gasteiger partial charge is 0.323 e. The second-order valence-corrected chi connectivity index (χ2v) is 8.36. The summed E-state index contributed by atoms with van der Waals surface area (Å²) in [4.78, 5) is 38.7. The highest BCUT2D eigenvalue weighted by Crippen LogP contribution is 2.42. The highest BCUT2D eigenvalue weighted by atomic mass is 16.2. The zero-order chi connectivity index (χ0) is 21.6. The van der Waals surface area contributed by atoms with E-state index < -0.39 is 17.5 Å². The van der Waals surface area contributed by atoms with Gasteiger partial charge in [-0.25, -0.2) is 9.48 Å². The van der Waals surface area contributed by atoms with Crippen LogP contribution in [0, 0.1) is 5.92 Å². The summed E-state index contributed by atoms with van der Waals surface area (Å²) in [6, 6.07) is 15.4. The minimum atomic E-state index is -0.895. The predicted molar refractivity (Wildman–Crippen MR) is 115 cm³/mol. The van der Waals surface area contributed by atoms with Gasteiger partial charge >= 0.3 is 6.03 Å². The summed E-state index contributed by atoms with van der Waals surface area (Å²) in [6.45, 7) is 1.89. The highest BCUT2D eigenvalue weighted by molar-refractivity contribution is 6.10. The summed E-state index contributed by atoms with van der Waals surface area (Å²) in [5, 5.41) is 12.1. The van der Waals surface area contributed by atoms with Gasteiger partial charge in [0.2, 0.25) is 5.91 Å². The van der Waals surface area contributed by atoms with E-state index in [1.807, 2.05) is 24.3 Å². The SMILES string of the molecule is CC1(C2CC2)NC(=O)N(CC(=O)Nc2ccnn2Cc2cccc3ccccc23)C1=O. The molecule has 2 fully saturated rings. The van der Waals surface area contributed by atoms with Gasteiger partial charge in [0, 0.05) is 6.07 Å². The van der Waals surface area contributed by atoms with E-state index in [1.165, 1.54) is 0 Å². The van der Waals surface area contributed by atoms with E-state index in [9.17, 15) is 14.4 Å². The van der Waals surface area contributed by atoms with E-state index in [4.69, 9.17) is 0 Å². The first-order valence-electron chi connectivity index (χ1n) is 10.4. The molecule has 4 amide bonds. The van der Waals surface area contributed by atoms with Gasteiger partial charge in [-0.05, 0) is 42.0 Å². The number of carbonyl (C=O) groups excluding carboxylic acids is 3. The van der Waals surface area contributed by atoms with Crippen molar-refractivity contribution in [2.45, 2.75) is 31.8 Å². The lowest BCUT2D eigenvalue weighted by molar-refractivity contribution is -0.134. The molecule has 2 aliphatic rings. The molecule has 1 atom stereocenters. The molecule has 8 nitrogen and oxygen atoms in total. The van der Waals surface area contributed by atoms with Crippen molar-refractivity contribution in [1.82, 2.24) is 20.0 Å². The van der Waals surface area contributed by atoms with E-state index in [0.29, 0.717) is 12.4 Å². The van der Waals surface area contributed by atoms with Crippen molar-refractivity contribution in [3.05, 3.63) is 60.3 Å². The second-order valence-electron chi connectivity index (χ2n) is 8.36. The lowest BCUT2D eigenvalue weighted by Gasteiger charge is -2.20. The summed E-state index contributed by atoms with van der Waals surface area (Å²) < 4.78 is 1.69. The Morgan fingerprint density at radius 3 is 2.74 bits per heavy atom. The molecule has 2 aromatic carbocycles. The van der Waals surface area contributed by atoms with E-state index in [-0.39, 0.29) is 18.4 Å². The van der Waals surface area contributed by atoms with E-state index in [1.54, 1.807) is 23.9 Å². The van der Waals surface area contributed by atoms with Crippen LogP contribution in [0.25, 0.3) is 10.8 Å². The average Bonchev–Trinajstić information content (AvgIpc) is 3.50. The number of urea groups is 1. The first-order valence-corrected chi connectivity index (χ1v) is 10.4. The number of hydrogen-bond donors (Lipinski definition) is 2. The quantitative estimate of drug-likeness (QED) is 0.603. The van der Waals surface area contributed by atoms with Gasteiger partial charge in [0.1, 0.15) is 17.9 Å². The van der Waals surface area contributed by atoms with Crippen LogP contribution < -0.4 is 10.6 Å². The Balaban J connectivity index is 1.30. The molecule has 8 heteroatoms. The minimum Gasteiger partial charge on any atom is -0.323 e. The molecule has 158 valence electrons. The summed E-state index contributed by atoms with van der Waals surface area (Å²) in [5.74, 6) is -0.114. The molecular weight excluding hydrogens is 394 g/mol. The Morgan fingerprint density at radius 2 is 1.94 bits per heavy atom. The van der Waals surface area contributed by atoms with Crippen molar-refractivity contribution in [1.29, 1.82) is 0 Å². The topological polar surface area (TPSA) is 96.3 Å². The van der Waals surface area contributed by atoms with Crippen LogP contribution in [-0.4, -0.2) is 44.6 Å². The molecule has 1 saturated heterocycles. The molecule has 1 aliphatic heterocycles. The first kappa shape index (κ1) is 19.3. The summed E-state index contributed by atoms with van der Waals surface area (Å²) >= 11 is 0. The van der Waals surface area contributed by atoms with Crippen LogP contribution in [0.4, 0.5) is 10.6 Å². The Kier molecular flexibility index (Phi) is 4.50. The second kappa shape index (κ2) is 7.23. The molecule has 1 saturated carbocycles. The average molecular weight is 417 g/mol. The minimum absolute atomic E-state index is 0.152. The fraction of sp³-hybridized carbons (Fsp3) is 0.304. The lowest BCUT2D eigenvalue weighted by Crippen LogP contribution is -2.46. The fourth-order valence-electron chi connectivity index (χ4n) is 4.28. The first-order chi connectivity index (χ1) is 15.0. The van der Waals surface area contributed by atoms with E-state index in [2.05, 4.69) is 33.9 Å². The van der Waals surface area contributed by atoms with Crippen LogP contribution in [0.3, 0.4) is 0 Å².